The Hall–Kier alpha value is -3.42. The van der Waals surface area contributed by atoms with E-state index in [4.69, 9.17) is 23.7 Å². The second-order valence-electron chi connectivity index (χ2n) is 6.22. The first-order valence-electron chi connectivity index (χ1n) is 9.37. The zero-order valence-corrected chi connectivity index (χ0v) is 17.8. The molecule has 0 spiro atoms. The van der Waals surface area contributed by atoms with Crippen LogP contribution in [0, 0.1) is 0 Å². The summed E-state index contributed by atoms with van der Waals surface area (Å²) >= 11 is 0. The molecule has 2 aromatic rings. The summed E-state index contributed by atoms with van der Waals surface area (Å²) in [5, 5.41) is 2.88. The molecule has 0 saturated heterocycles. The number of nitrogens with one attached hydrogen (secondary N) is 1. The lowest BCUT2D eigenvalue weighted by Crippen LogP contribution is -2.30. The summed E-state index contributed by atoms with van der Waals surface area (Å²) in [6.45, 7) is 1.99. The van der Waals surface area contributed by atoms with Gasteiger partial charge in [-0.15, -0.1) is 0 Å². The highest BCUT2D eigenvalue weighted by atomic mass is 16.5. The Morgan fingerprint density at radius 3 is 1.97 bits per heavy atom. The number of ether oxygens (including phenoxy) is 5. The molecule has 8 heteroatoms. The number of carbonyl (C=O) groups excluding carboxylic acids is 2. The lowest BCUT2D eigenvalue weighted by atomic mass is 10.0. The minimum Gasteiger partial charge on any atom is -0.497 e. The van der Waals surface area contributed by atoms with E-state index >= 15 is 0 Å². The number of esters is 1. The van der Waals surface area contributed by atoms with Gasteiger partial charge in [-0.2, -0.15) is 0 Å². The molecule has 0 heterocycles. The van der Waals surface area contributed by atoms with Gasteiger partial charge in [0.2, 0.25) is 5.75 Å². The fourth-order valence-electron chi connectivity index (χ4n) is 2.93. The molecule has 0 aromatic heterocycles. The second kappa shape index (κ2) is 10.9. The molecular weight excluding hydrogens is 390 g/mol. The van der Waals surface area contributed by atoms with Crippen LogP contribution in [0.25, 0.3) is 0 Å². The van der Waals surface area contributed by atoms with Crippen molar-refractivity contribution in [2.45, 2.75) is 19.4 Å². The van der Waals surface area contributed by atoms with Crippen molar-refractivity contribution in [1.82, 2.24) is 5.32 Å². The molecule has 2 rings (SSSR count). The minimum atomic E-state index is -0.596. The largest absolute Gasteiger partial charge is 0.497 e. The van der Waals surface area contributed by atoms with Crippen molar-refractivity contribution >= 4 is 11.9 Å². The maximum Gasteiger partial charge on any atom is 0.308 e. The number of hydrogen-bond donors (Lipinski definition) is 1. The van der Waals surface area contributed by atoms with Gasteiger partial charge in [-0.05, 0) is 36.8 Å². The Labute approximate surface area is 176 Å². The van der Waals surface area contributed by atoms with Crippen LogP contribution in [0.4, 0.5) is 0 Å². The van der Waals surface area contributed by atoms with Gasteiger partial charge < -0.3 is 29.0 Å². The first kappa shape index (κ1) is 22.9. The number of rotatable bonds is 10. The fraction of sp³-hybridized carbons (Fsp3) is 0.364. The van der Waals surface area contributed by atoms with Gasteiger partial charge >= 0.3 is 5.97 Å². The van der Waals surface area contributed by atoms with E-state index in [1.54, 1.807) is 50.4 Å². The Morgan fingerprint density at radius 1 is 0.900 bits per heavy atom. The summed E-state index contributed by atoms with van der Waals surface area (Å²) < 4.78 is 26.1. The Kier molecular flexibility index (Phi) is 8.34. The molecule has 0 aliphatic rings. The molecule has 1 atom stereocenters. The first-order chi connectivity index (χ1) is 14.5. The molecule has 162 valence electrons. The van der Waals surface area contributed by atoms with Gasteiger partial charge in [0.15, 0.2) is 11.5 Å². The standard InChI is InChI=1S/C22H27NO7/c1-6-30-20(24)13-17(14-7-9-16(26-2)10-8-14)23-22(25)15-11-18(27-3)21(29-5)19(12-15)28-4/h7-12,17H,6,13H2,1-5H3,(H,23,25). The van der Waals surface area contributed by atoms with Crippen LogP contribution in [0.5, 0.6) is 23.0 Å². The summed E-state index contributed by atoms with van der Waals surface area (Å²) in [5.74, 6) is 0.948. The Morgan fingerprint density at radius 2 is 1.50 bits per heavy atom. The number of carbonyl (C=O) groups is 2. The molecule has 1 N–H and O–H groups in total. The average molecular weight is 417 g/mol. The summed E-state index contributed by atoms with van der Waals surface area (Å²) in [4.78, 5) is 25.1. The number of hydrogen-bond acceptors (Lipinski definition) is 7. The fourth-order valence-corrected chi connectivity index (χ4v) is 2.93. The van der Waals surface area contributed by atoms with Crippen molar-refractivity contribution in [1.29, 1.82) is 0 Å². The molecule has 8 nitrogen and oxygen atoms in total. The van der Waals surface area contributed by atoms with Crippen molar-refractivity contribution in [2.24, 2.45) is 0 Å². The van der Waals surface area contributed by atoms with E-state index in [2.05, 4.69) is 5.32 Å². The Bertz CT molecular complexity index is 839. The predicted molar refractivity (Wildman–Crippen MR) is 111 cm³/mol. The third-order valence-corrected chi connectivity index (χ3v) is 4.43. The normalized spacial score (nSPS) is 11.2. The third kappa shape index (κ3) is 5.56. The van der Waals surface area contributed by atoms with E-state index in [1.165, 1.54) is 21.3 Å². The van der Waals surface area contributed by atoms with Crippen molar-refractivity contribution in [2.75, 3.05) is 35.0 Å². The zero-order valence-electron chi connectivity index (χ0n) is 17.8. The van der Waals surface area contributed by atoms with E-state index in [-0.39, 0.29) is 13.0 Å². The maximum atomic E-state index is 13.0. The van der Waals surface area contributed by atoms with Gasteiger partial charge in [0.25, 0.3) is 5.91 Å². The quantitative estimate of drug-likeness (QED) is 0.594. The Balaban J connectivity index is 2.33. The lowest BCUT2D eigenvalue weighted by molar-refractivity contribution is -0.143. The van der Waals surface area contributed by atoms with Gasteiger partial charge in [-0.3, -0.25) is 9.59 Å². The van der Waals surface area contributed by atoms with E-state index in [0.29, 0.717) is 28.6 Å². The SMILES string of the molecule is CCOC(=O)CC(NC(=O)c1cc(OC)c(OC)c(OC)c1)c1ccc(OC)cc1. The molecule has 0 saturated carbocycles. The summed E-state index contributed by atoms with van der Waals surface area (Å²) in [7, 11) is 6.00. The summed E-state index contributed by atoms with van der Waals surface area (Å²) in [6.07, 6.45) is -0.0175. The van der Waals surface area contributed by atoms with Crippen LogP contribution in [0.1, 0.15) is 35.3 Å². The first-order valence-corrected chi connectivity index (χ1v) is 9.37. The maximum absolute atomic E-state index is 13.0. The van der Waals surface area contributed by atoms with Gasteiger partial charge in [0.05, 0.1) is 47.5 Å². The highest BCUT2D eigenvalue weighted by Crippen LogP contribution is 2.38. The topological polar surface area (TPSA) is 92.3 Å². The number of amides is 1. The summed E-state index contributed by atoms with van der Waals surface area (Å²) in [6, 6.07) is 9.61. The van der Waals surface area contributed by atoms with Gasteiger partial charge in [-0.25, -0.2) is 0 Å². The van der Waals surface area contributed by atoms with E-state index < -0.39 is 17.9 Å². The monoisotopic (exact) mass is 417 g/mol. The minimum absolute atomic E-state index is 0.0175. The van der Waals surface area contributed by atoms with Crippen LogP contribution < -0.4 is 24.3 Å². The molecule has 0 bridgehead atoms. The molecule has 2 aromatic carbocycles. The molecule has 0 radical (unpaired) electrons. The molecule has 30 heavy (non-hydrogen) atoms. The van der Waals surface area contributed by atoms with Gasteiger partial charge in [-0.1, -0.05) is 12.1 Å². The van der Waals surface area contributed by atoms with Crippen molar-refractivity contribution < 1.29 is 33.3 Å². The van der Waals surface area contributed by atoms with Crippen LogP contribution in [-0.2, 0) is 9.53 Å². The van der Waals surface area contributed by atoms with Crippen molar-refractivity contribution in [3.63, 3.8) is 0 Å². The third-order valence-electron chi connectivity index (χ3n) is 4.43. The van der Waals surface area contributed by atoms with E-state index in [1.807, 2.05) is 0 Å². The van der Waals surface area contributed by atoms with Crippen LogP contribution in [0.15, 0.2) is 36.4 Å². The van der Waals surface area contributed by atoms with E-state index in [0.717, 1.165) is 5.56 Å². The van der Waals surface area contributed by atoms with Gasteiger partial charge in [0, 0.05) is 5.56 Å². The zero-order chi connectivity index (χ0) is 22.1. The van der Waals surface area contributed by atoms with E-state index in [9.17, 15) is 9.59 Å². The number of methoxy groups -OCH3 is 4. The van der Waals surface area contributed by atoms with Crippen LogP contribution in [0.3, 0.4) is 0 Å². The highest BCUT2D eigenvalue weighted by Gasteiger charge is 2.22. The van der Waals surface area contributed by atoms with Crippen molar-refractivity contribution in [3.05, 3.63) is 47.5 Å². The van der Waals surface area contributed by atoms with Crippen LogP contribution in [0.2, 0.25) is 0 Å². The number of benzene rings is 2. The molecule has 1 amide bonds. The summed E-state index contributed by atoms with van der Waals surface area (Å²) in [5.41, 5.74) is 1.04. The molecular formula is C22H27NO7. The lowest BCUT2D eigenvalue weighted by Gasteiger charge is -2.20. The molecule has 1 unspecified atom stereocenters. The van der Waals surface area contributed by atoms with Crippen LogP contribution in [-0.4, -0.2) is 46.9 Å². The predicted octanol–water partition coefficient (Wildman–Crippen LogP) is 3.15. The average Bonchev–Trinajstić information content (AvgIpc) is 2.77. The highest BCUT2D eigenvalue weighted by molar-refractivity contribution is 5.96. The smallest absolute Gasteiger partial charge is 0.308 e. The second-order valence-corrected chi connectivity index (χ2v) is 6.22. The molecule has 0 aliphatic carbocycles. The van der Waals surface area contributed by atoms with Gasteiger partial charge in [0.1, 0.15) is 5.75 Å². The molecule has 0 aliphatic heterocycles. The van der Waals surface area contributed by atoms with Crippen LogP contribution >= 0.6 is 0 Å². The van der Waals surface area contributed by atoms with Crippen molar-refractivity contribution in [3.8, 4) is 23.0 Å². The molecule has 0 fully saturated rings.